The van der Waals surface area contributed by atoms with Gasteiger partial charge in [-0.25, -0.2) is 22.0 Å². The molecule has 0 aromatic heterocycles. The Morgan fingerprint density at radius 1 is 0.660 bits per heavy atom. The van der Waals surface area contributed by atoms with Crippen LogP contribution in [0.4, 0.5) is 50.2 Å². The maximum Gasteiger partial charge on any atom is 0.432 e. The SMILES string of the molecule is CCCCCC1CCC(C2CCC(c3ccc(-c4cc(F)c(C(F)(F)Oc5cc(F)c(S(F)(F)(F)(F)F)c(F)c5)c(F)c4)c(F)c3)CC2)CC1. The third kappa shape index (κ3) is 8.70. The monoisotopic (exact) mass is 746 g/mol. The zero-order valence-corrected chi connectivity index (χ0v) is 28.0. The van der Waals surface area contributed by atoms with Gasteiger partial charge in [0.15, 0.2) is 16.5 Å². The first-order valence-corrected chi connectivity index (χ1v) is 18.7. The number of ether oxygens (including phenoxy) is 1. The lowest BCUT2D eigenvalue weighted by Gasteiger charge is -2.40. The number of alkyl halides is 2. The molecule has 1 nitrogen and oxygen atoms in total. The van der Waals surface area contributed by atoms with Crippen LogP contribution in [0.2, 0.25) is 0 Å². The Hall–Kier alpha value is -3.03. The van der Waals surface area contributed by atoms with Gasteiger partial charge in [0.05, 0.1) is 0 Å². The van der Waals surface area contributed by atoms with E-state index in [9.17, 15) is 45.8 Å². The fourth-order valence-electron chi connectivity index (χ4n) is 7.74. The van der Waals surface area contributed by atoms with Crippen LogP contribution in [0.5, 0.6) is 5.75 Å². The summed E-state index contributed by atoms with van der Waals surface area (Å²) in [5, 5.41) is 0. The molecule has 0 N–H and O–H groups in total. The first-order valence-electron chi connectivity index (χ1n) is 16.8. The number of unbranched alkanes of at least 4 members (excludes halogenated alkanes) is 2. The largest absolute Gasteiger partial charge is 0.432 e. The molecule has 0 amide bonds. The highest BCUT2D eigenvalue weighted by atomic mass is 32.5. The number of hydrogen-bond acceptors (Lipinski definition) is 1. The molecule has 0 radical (unpaired) electrons. The number of hydrogen-bond donors (Lipinski definition) is 0. The van der Waals surface area contributed by atoms with Crippen molar-refractivity contribution >= 4 is 10.2 Å². The fraction of sp³-hybridized carbons (Fsp3) is 0.500. The molecule has 0 spiro atoms. The molecule has 14 heteroatoms. The Morgan fingerprint density at radius 2 is 1.20 bits per heavy atom. The van der Waals surface area contributed by atoms with Crippen molar-refractivity contribution < 1.29 is 54.9 Å². The van der Waals surface area contributed by atoms with E-state index in [0.29, 0.717) is 29.5 Å². The van der Waals surface area contributed by atoms with E-state index in [4.69, 9.17) is 0 Å². The predicted molar refractivity (Wildman–Crippen MR) is 168 cm³/mol. The van der Waals surface area contributed by atoms with Gasteiger partial charge in [0.1, 0.15) is 28.8 Å². The predicted octanol–water partition coefficient (Wildman–Crippen LogP) is 14.5. The molecular weight excluding hydrogens is 708 g/mol. The second-order valence-corrected chi connectivity index (χ2v) is 16.1. The van der Waals surface area contributed by atoms with E-state index in [2.05, 4.69) is 11.7 Å². The molecule has 0 heterocycles. The molecule has 2 aliphatic rings. The topological polar surface area (TPSA) is 9.23 Å². The molecule has 0 aliphatic heterocycles. The molecular formula is C36H38F12OS. The molecule has 278 valence electrons. The van der Waals surface area contributed by atoms with Gasteiger partial charge in [-0.2, -0.15) is 8.78 Å². The lowest BCUT2D eigenvalue weighted by atomic mass is 9.68. The van der Waals surface area contributed by atoms with E-state index in [-0.39, 0.29) is 11.5 Å². The van der Waals surface area contributed by atoms with Crippen molar-refractivity contribution in [1.82, 2.24) is 0 Å². The highest BCUT2D eigenvalue weighted by Crippen LogP contribution is 3.02. The van der Waals surface area contributed by atoms with E-state index in [1.807, 2.05) is 0 Å². The molecule has 3 aromatic carbocycles. The van der Waals surface area contributed by atoms with E-state index in [0.717, 1.165) is 31.6 Å². The molecule has 2 aliphatic carbocycles. The molecule has 0 unspecified atom stereocenters. The second-order valence-electron chi connectivity index (χ2n) is 13.7. The summed E-state index contributed by atoms with van der Waals surface area (Å²) >= 11 is 0. The minimum Gasteiger partial charge on any atom is -0.429 e. The molecule has 2 saturated carbocycles. The third-order valence-corrected chi connectivity index (χ3v) is 11.4. The average molecular weight is 747 g/mol. The van der Waals surface area contributed by atoms with Crippen LogP contribution in [-0.4, -0.2) is 0 Å². The number of rotatable bonds is 11. The van der Waals surface area contributed by atoms with Crippen LogP contribution in [0.3, 0.4) is 0 Å². The highest BCUT2D eigenvalue weighted by Gasteiger charge is 2.69. The standard InChI is InChI=1S/C36H38F12OS/c1-2-3-4-5-21-6-8-22(9-7-21)23-10-12-24(13-11-23)25-14-15-28(29(37)16-25)26-17-30(38)34(31(39)18-26)36(42,43)49-27-19-32(40)35(33(41)20-27)50(44,45,46,47)48/h14-24H,2-13H2,1H3. The Kier molecular flexibility index (Phi) is 10.3. The third-order valence-electron chi connectivity index (χ3n) is 10.3. The van der Waals surface area contributed by atoms with Gasteiger partial charge in [0.25, 0.3) is 0 Å². The summed E-state index contributed by atoms with van der Waals surface area (Å²) in [6.07, 6.45) is 8.82. The summed E-state index contributed by atoms with van der Waals surface area (Å²) in [7, 11) is -10.9. The normalized spacial score (nSPS) is 23.3. The molecule has 0 atom stereocenters. The summed E-state index contributed by atoms with van der Waals surface area (Å²) < 4.78 is 171. The van der Waals surface area contributed by atoms with Crippen LogP contribution < -0.4 is 4.74 Å². The lowest BCUT2D eigenvalue weighted by molar-refractivity contribution is -0.189. The van der Waals surface area contributed by atoms with Gasteiger partial charge in [-0.05, 0) is 91.5 Å². The van der Waals surface area contributed by atoms with E-state index < -0.39 is 79.3 Å². The van der Waals surface area contributed by atoms with Gasteiger partial charge in [0.2, 0.25) is 0 Å². The molecule has 0 saturated heterocycles. The van der Waals surface area contributed by atoms with E-state index >= 15 is 4.39 Å². The molecule has 2 fully saturated rings. The fourth-order valence-corrected chi connectivity index (χ4v) is 8.60. The van der Waals surface area contributed by atoms with Crippen LogP contribution in [0.25, 0.3) is 11.1 Å². The second kappa shape index (κ2) is 13.5. The van der Waals surface area contributed by atoms with Crippen molar-refractivity contribution in [3.05, 3.63) is 82.7 Å². The number of benzene rings is 3. The van der Waals surface area contributed by atoms with Crippen molar-refractivity contribution in [3.8, 4) is 16.9 Å². The average Bonchev–Trinajstić information content (AvgIpc) is 2.99. The van der Waals surface area contributed by atoms with Gasteiger partial charge in [-0.1, -0.05) is 77.0 Å². The highest BCUT2D eigenvalue weighted by molar-refractivity contribution is 8.45. The maximum absolute atomic E-state index is 15.3. The lowest BCUT2D eigenvalue weighted by Crippen LogP contribution is -2.25. The summed E-state index contributed by atoms with van der Waals surface area (Å²) in [4.78, 5) is -3.59. The van der Waals surface area contributed by atoms with Gasteiger partial charge in [-0.15, -0.1) is 0 Å². The van der Waals surface area contributed by atoms with Crippen LogP contribution in [0, 0.1) is 46.8 Å². The molecule has 5 rings (SSSR count). The minimum atomic E-state index is -10.9. The van der Waals surface area contributed by atoms with Crippen LogP contribution in [-0.2, 0) is 6.11 Å². The Labute approximate surface area is 283 Å². The summed E-state index contributed by atoms with van der Waals surface area (Å²) in [5.41, 5.74) is -2.17. The van der Waals surface area contributed by atoms with Crippen molar-refractivity contribution in [3.63, 3.8) is 0 Å². The zero-order chi connectivity index (χ0) is 36.7. The van der Waals surface area contributed by atoms with Crippen molar-refractivity contribution in [2.45, 2.75) is 101 Å². The van der Waals surface area contributed by atoms with Gasteiger partial charge >= 0.3 is 16.3 Å². The first-order chi connectivity index (χ1) is 23.2. The van der Waals surface area contributed by atoms with E-state index in [1.54, 1.807) is 6.07 Å². The maximum atomic E-state index is 15.3. The summed E-state index contributed by atoms with van der Waals surface area (Å²) in [5.74, 6) is -10.3. The van der Waals surface area contributed by atoms with E-state index in [1.165, 1.54) is 63.5 Å². The minimum absolute atomic E-state index is 0.0830. The summed E-state index contributed by atoms with van der Waals surface area (Å²) in [6, 6.07) is 3.67. The van der Waals surface area contributed by atoms with Gasteiger partial charge < -0.3 is 4.74 Å². The molecule has 3 aromatic rings. The first kappa shape index (κ1) is 38.2. The quantitative estimate of drug-likeness (QED) is 0.140. The zero-order valence-electron chi connectivity index (χ0n) is 27.2. The number of halogens is 12. The van der Waals surface area contributed by atoms with Crippen molar-refractivity contribution in [2.24, 2.45) is 17.8 Å². The van der Waals surface area contributed by atoms with Crippen LogP contribution in [0.1, 0.15) is 101 Å². The van der Waals surface area contributed by atoms with Crippen LogP contribution in [0.15, 0.2) is 47.4 Å². The molecule has 50 heavy (non-hydrogen) atoms. The molecule has 0 bridgehead atoms. The van der Waals surface area contributed by atoms with Crippen molar-refractivity contribution in [2.75, 3.05) is 0 Å². The van der Waals surface area contributed by atoms with Crippen LogP contribution >= 0.6 is 10.2 Å². The van der Waals surface area contributed by atoms with Gasteiger partial charge in [0, 0.05) is 17.7 Å². The van der Waals surface area contributed by atoms with Crippen molar-refractivity contribution in [1.29, 1.82) is 0 Å². The summed E-state index contributed by atoms with van der Waals surface area (Å²) in [6.45, 7) is 2.21. The smallest absolute Gasteiger partial charge is 0.429 e. The Balaban J connectivity index is 1.25. The van der Waals surface area contributed by atoms with Gasteiger partial charge in [-0.3, -0.25) is 0 Å². The Morgan fingerprint density at radius 3 is 1.70 bits per heavy atom. The Bertz CT molecular complexity index is 1650.